The summed E-state index contributed by atoms with van der Waals surface area (Å²) in [5.41, 5.74) is 10.9. The molecule has 161 valence electrons. The fraction of sp³-hybridized carbons (Fsp3) is 0.765. The zero-order valence-corrected chi connectivity index (χ0v) is 16.3. The maximum atomic E-state index is 11.8. The minimum atomic E-state index is -0.844. The highest BCUT2D eigenvalue weighted by atomic mass is 16.5. The first-order valence-electron chi connectivity index (χ1n) is 9.11. The number of hydrogen-bond donors (Lipinski definition) is 5. The summed E-state index contributed by atoms with van der Waals surface area (Å²) in [6.45, 7) is 3.79. The van der Waals surface area contributed by atoms with E-state index in [-0.39, 0.29) is 30.9 Å². The number of ether oxygens (including phenoxy) is 3. The molecular weight excluding hydrogens is 370 g/mol. The number of hydrogen-bond acceptors (Lipinski definition) is 8. The number of nitrogens with two attached hydrogens (primary N) is 2. The first kappa shape index (κ1) is 25.9. The van der Waals surface area contributed by atoms with E-state index in [2.05, 4.69) is 10.6 Å². The van der Waals surface area contributed by atoms with Gasteiger partial charge in [0.1, 0.15) is 11.7 Å². The number of rotatable bonds is 18. The van der Waals surface area contributed by atoms with Crippen molar-refractivity contribution in [2.45, 2.75) is 25.8 Å². The van der Waals surface area contributed by atoms with Crippen molar-refractivity contribution in [1.82, 2.24) is 10.6 Å². The number of carbonyl (C=O) groups excluding carboxylic acids is 3. The van der Waals surface area contributed by atoms with Crippen molar-refractivity contribution < 1.29 is 28.6 Å². The standard InChI is InChI=1S/C17H32N5O6/c1-13(24)14(11-23)12-28-10-9-27-8-7-26-6-5-21-16(25)15(18)3-2-4-22-17(19)20/h14-15H,2-10,12,18H2,1H3,(H,21,25)(H4,19,20,22)/t14?,15-/m0/s1. The predicted octanol–water partition coefficient (Wildman–Crippen LogP) is -1.94. The summed E-state index contributed by atoms with van der Waals surface area (Å²) in [4.78, 5) is 33.2. The summed E-state index contributed by atoms with van der Waals surface area (Å²) < 4.78 is 15.8. The monoisotopic (exact) mass is 402 g/mol. The highest BCUT2D eigenvalue weighted by molar-refractivity contribution is 5.91. The van der Waals surface area contributed by atoms with E-state index in [1.165, 1.54) is 6.92 Å². The van der Waals surface area contributed by atoms with Gasteiger partial charge in [-0.25, -0.2) is 0 Å². The molecule has 0 aromatic heterocycles. The van der Waals surface area contributed by atoms with Crippen molar-refractivity contribution in [2.24, 2.45) is 17.4 Å². The van der Waals surface area contributed by atoms with Gasteiger partial charge in [-0.05, 0) is 19.8 Å². The Morgan fingerprint density at radius 2 is 1.64 bits per heavy atom. The molecule has 2 atom stereocenters. The number of amides is 1. The SMILES string of the molecule is CC(=O)C([C]=O)COCCOCCOCCNC(=O)[C@@H](N)CCCNC(=N)N. The van der Waals surface area contributed by atoms with E-state index in [9.17, 15) is 14.4 Å². The van der Waals surface area contributed by atoms with E-state index >= 15 is 0 Å². The molecule has 0 aliphatic rings. The lowest BCUT2D eigenvalue weighted by atomic mass is 10.1. The minimum Gasteiger partial charge on any atom is -0.378 e. The van der Waals surface area contributed by atoms with Gasteiger partial charge in [0.25, 0.3) is 0 Å². The molecule has 0 rings (SSSR count). The summed E-state index contributed by atoms with van der Waals surface area (Å²) in [7, 11) is 0. The Morgan fingerprint density at radius 3 is 2.21 bits per heavy atom. The van der Waals surface area contributed by atoms with Gasteiger partial charge in [0.2, 0.25) is 12.2 Å². The second-order valence-corrected chi connectivity index (χ2v) is 5.96. The van der Waals surface area contributed by atoms with Crippen LogP contribution in [0.25, 0.3) is 0 Å². The molecule has 0 saturated heterocycles. The number of carbonyl (C=O) groups is 2. The Bertz CT molecular complexity index is 477. The van der Waals surface area contributed by atoms with Crippen molar-refractivity contribution in [3.63, 3.8) is 0 Å². The first-order chi connectivity index (χ1) is 13.4. The molecule has 0 saturated carbocycles. The quantitative estimate of drug-likeness (QED) is 0.0754. The third kappa shape index (κ3) is 15.0. The van der Waals surface area contributed by atoms with Gasteiger partial charge in [-0.3, -0.25) is 19.8 Å². The Balaban J connectivity index is 3.44. The predicted molar refractivity (Wildman–Crippen MR) is 102 cm³/mol. The summed E-state index contributed by atoms with van der Waals surface area (Å²) in [6, 6.07) is -0.614. The number of nitrogens with one attached hydrogen (secondary N) is 3. The molecule has 1 unspecified atom stereocenters. The van der Waals surface area contributed by atoms with Gasteiger partial charge >= 0.3 is 0 Å². The van der Waals surface area contributed by atoms with E-state index in [4.69, 9.17) is 31.1 Å². The first-order valence-corrected chi connectivity index (χ1v) is 9.11. The Labute approximate surface area is 165 Å². The van der Waals surface area contributed by atoms with Crippen LogP contribution in [-0.2, 0) is 28.6 Å². The molecular formula is C17H32N5O6. The second kappa shape index (κ2) is 17.0. The Kier molecular flexibility index (Phi) is 15.8. The summed E-state index contributed by atoms with van der Waals surface area (Å²) >= 11 is 0. The van der Waals surface area contributed by atoms with E-state index in [0.717, 1.165) is 0 Å². The minimum absolute atomic E-state index is 0.00771. The van der Waals surface area contributed by atoms with Crippen LogP contribution in [0, 0.1) is 11.3 Å². The highest BCUT2D eigenvalue weighted by Crippen LogP contribution is 1.95. The lowest BCUT2D eigenvalue weighted by Crippen LogP contribution is -2.42. The topological polar surface area (TPSA) is 179 Å². The van der Waals surface area contributed by atoms with Gasteiger partial charge in [0.05, 0.1) is 45.7 Å². The molecule has 28 heavy (non-hydrogen) atoms. The van der Waals surface area contributed by atoms with E-state index in [0.29, 0.717) is 52.4 Å². The maximum absolute atomic E-state index is 11.8. The van der Waals surface area contributed by atoms with Crippen LogP contribution in [0.1, 0.15) is 19.8 Å². The molecule has 1 amide bonds. The van der Waals surface area contributed by atoms with Gasteiger partial charge in [-0.15, -0.1) is 0 Å². The van der Waals surface area contributed by atoms with Crippen LogP contribution in [0.15, 0.2) is 0 Å². The fourth-order valence-corrected chi connectivity index (χ4v) is 1.93. The Hall–Kier alpha value is -2.08. The van der Waals surface area contributed by atoms with Crippen LogP contribution in [0.2, 0.25) is 0 Å². The van der Waals surface area contributed by atoms with Crippen LogP contribution >= 0.6 is 0 Å². The van der Waals surface area contributed by atoms with Crippen molar-refractivity contribution in [3.8, 4) is 0 Å². The van der Waals surface area contributed by atoms with E-state index in [1.54, 1.807) is 6.29 Å². The summed E-state index contributed by atoms with van der Waals surface area (Å²) in [5, 5.41) is 12.3. The van der Waals surface area contributed by atoms with Crippen LogP contribution in [-0.4, -0.2) is 82.7 Å². The second-order valence-electron chi connectivity index (χ2n) is 5.96. The van der Waals surface area contributed by atoms with Gasteiger partial charge in [0, 0.05) is 13.1 Å². The van der Waals surface area contributed by atoms with Crippen molar-refractivity contribution >= 4 is 23.9 Å². The van der Waals surface area contributed by atoms with Gasteiger partial charge in [0.15, 0.2) is 5.96 Å². The zero-order chi connectivity index (χ0) is 21.2. The fourth-order valence-electron chi connectivity index (χ4n) is 1.93. The third-order valence-electron chi connectivity index (χ3n) is 3.55. The lowest BCUT2D eigenvalue weighted by Gasteiger charge is -2.12. The molecule has 11 nitrogen and oxygen atoms in total. The number of guanidine groups is 1. The van der Waals surface area contributed by atoms with Crippen molar-refractivity contribution in [2.75, 3.05) is 52.7 Å². The normalized spacial score (nSPS) is 12.8. The average Bonchev–Trinajstić information content (AvgIpc) is 2.65. The molecule has 0 aliphatic heterocycles. The van der Waals surface area contributed by atoms with Gasteiger partial charge in [-0.2, -0.15) is 0 Å². The highest BCUT2D eigenvalue weighted by Gasteiger charge is 2.14. The molecule has 0 heterocycles. The molecule has 0 spiro atoms. The molecule has 0 aliphatic carbocycles. The van der Waals surface area contributed by atoms with Crippen molar-refractivity contribution in [1.29, 1.82) is 5.41 Å². The molecule has 0 bridgehead atoms. The zero-order valence-electron chi connectivity index (χ0n) is 16.3. The van der Waals surface area contributed by atoms with Gasteiger partial charge < -0.3 is 36.3 Å². The number of ketones is 1. The van der Waals surface area contributed by atoms with Crippen LogP contribution < -0.4 is 22.1 Å². The summed E-state index contributed by atoms with van der Waals surface area (Å²) in [5.74, 6) is -1.48. The summed E-state index contributed by atoms with van der Waals surface area (Å²) in [6.07, 6.45) is 2.75. The molecule has 7 N–H and O–H groups in total. The molecule has 0 aromatic carbocycles. The van der Waals surface area contributed by atoms with E-state index < -0.39 is 12.0 Å². The Morgan fingerprint density at radius 1 is 1.04 bits per heavy atom. The molecule has 0 fully saturated rings. The van der Waals surface area contributed by atoms with Crippen LogP contribution in [0.3, 0.4) is 0 Å². The maximum Gasteiger partial charge on any atom is 0.236 e. The molecule has 1 radical (unpaired) electrons. The largest absolute Gasteiger partial charge is 0.378 e. The van der Waals surface area contributed by atoms with Crippen LogP contribution in [0.4, 0.5) is 0 Å². The number of Topliss-reactive ketones (excluding diaryl/α,β-unsaturated/α-hetero) is 1. The smallest absolute Gasteiger partial charge is 0.236 e. The van der Waals surface area contributed by atoms with E-state index in [1.807, 2.05) is 0 Å². The lowest BCUT2D eigenvalue weighted by molar-refractivity contribution is -0.123. The average molecular weight is 402 g/mol. The van der Waals surface area contributed by atoms with Gasteiger partial charge in [-0.1, -0.05) is 0 Å². The molecule has 11 heteroatoms. The van der Waals surface area contributed by atoms with Crippen molar-refractivity contribution in [3.05, 3.63) is 0 Å². The van der Waals surface area contributed by atoms with Crippen LogP contribution in [0.5, 0.6) is 0 Å². The third-order valence-corrected chi connectivity index (χ3v) is 3.55. The molecule has 0 aromatic rings.